The second-order valence-corrected chi connectivity index (χ2v) is 6.78. The zero-order valence-electron chi connectivity index (χ0n) is 14.3. The van der Waals surface area contributed by atoms with Gasteiger partial charge in [0, 0.05) is 16.1 Å². The predicted octanol–water partition coefficient (Wildman–Crippen LogP) is 4.99. The van der Waals surface area contributed by atoms with Crippen molar-refractivity contribution in [1.29, 1.82) is 0 Å². The van der Waals surface area contributed by atoms with Crippen LogP contribution in [0.3, 0.4) is 0 Å². The summed E-state index contributed by atoms with van der Waals surface area (Å²) < 4.78 is 5.84. The van der Waals surface area contributed by atoms with E-state index in [9.17, 15) is 4.79 Å². The number of anilines is 1. The van der Waals surface area contributed by atoms with Gasteiger partial charge in [-0.25, -0.2) is 0 Å². The highest BCUT2D eigenvalue weighted by molar-refractivity contribution is 6.30. The highest BCUT2D eigenvalue weighted by atomic mass is 35.5. The normalized spacial score (nSPS) is 11.4. The molecule has 0 radical (unpaired) electrons. The lowest BCUT2D eigenvalue weighted by molar-refractivity contribution is -0.128. The summed E-state index contributed by atoms with van der Waals surface area (Å²) in [7, 11) is 0. The summed E-state index contributed by atoms with van der Waals surface area (Å²) in [6.07, 6.45) is 0. The zero-order valence-corrected chi connectivity index (χ0v) is 15.1. The molecule has 1 amide bonds. The lowest BCUT2D eigenvalue weighted by atomic mass is 10.1. The summed E-state index contributed by atoms with van der Waals surface area (Å²) in [6.45, 7) is 5.39. The summed E-state index contributed by atoms with van der Waals surface area (Å²) >= 11 is 5.88. The molecule has 1 N–H and O–H groups in total. The molecule has 0 aliphatic carbocycles. The summed E-state index contributed by atoms with van der Waals surface area (Å²) in [5.74, 6) is 0.343. The quantitative estimate of drug-likeness (QED) is 0.717. The first kappa shape index (κ1) is 17.2. The molecule has 0 spiro atoms. The van der Waals surface area contributed by atoms with Crippen LogP contribution in [0.5, 0.6) is 5.75 Å². The van der Waals surface area contributed by atoms with E-state index in [4.69, 9.17) is 16.3 Å². The summed E-state index contributed by atoms with van der Waals surface area (Å²) in [4.78, 5) is 17.2. The standard InChI is InChI=1S/C20H19ClN2O2/c1-13-7-12-16-17(22-13)5-4-6-18(16)23-19(24)20(2,3)25-15-10-8-14(21)9-11-15/h4-12H,1-3H3,(H,23,24). The van der Waals surface area contributed by atoms with E-state index in [1.165, 1.54) is 0 Å². The van der Waals surface area contributed by atoms with E-state index in [0.717, 1.165) is 16.6 Å². The number of nitrogens with one attached hydrogen (secondary N) is 1. The number of rotatable bonds is 4. The maximum absolute atomic E-state index is 12.7. The minimum absolute atomic E-state index is 0.240. The van der Waals surface area contributed by atoms with E-state index in [1.54, 1.807) is 38.1 Å². The van der Waals surface area contributed by atoms with Crippen molar-refractivity contribution < 1.29 is 9.53 Å². The van der Waals surface area contributed by atoms with Crippen LogP contribution in [-0.4, -0.2) is 16.5 Å². The molecule has 0 unspecified atom stereocenters. The topological polar surface area (TPSA) is 51.2 Å². The Morgan fingerprint density at radius 1 is 1.08 bits per heavy atom. The fourth-order valence-electron chi connectivity index (χ4n) is 2.48. The molecule has 3 aromatic rings. The molecule has 0 atom stereocenters. The van der Waals surface area contributed by atoms with Gasteiger partial charge in [-0.3, -0.25) is 9.78 Å². The van der Waals surface area contributed by atoms with Crippen LogP contribution in [0.25, 0.3) is 10.9 Å². The number of nitrogens with zero attached hydrogens (tertiary/aromatic N) is 1. The third-order valence-electron chi connectivity index (χ3n) is 3.85. The van der Waals surface area contributed by atoms with Gasteiger partial charge in [0.05, 0.1) is 11.2 Å². The van der Waals surface area contributed by atoms with Crippen molar-refractivity contribution in [2.45, 2.75) is 26.4 Å². The Kier molecular flexibility index (Phi) is 4.64. The van der Waals surface area contributed by atoms with Crippen LogP contribution >= 0.6 is 11.6 Å². The van der Waals surface area contributed by atoms with Gasteiger partial charge in [-0.15, -0.1) is 0 Å². The molecule has 0 saturated heterocycles. The van der Waals surface area contributed by atoms with E-state index in [2.05, 4.69) is 10.3 Å². The number of halogens is 1. The number of hydrogen-bond acceptors (Lipinski definition) is 3. The van der Waals surface area contributed by atoms with Gasteiger partial charge in [0.15, 0.2) is 5.60 Å². The molecule has 0 fully saturated rings. The highest BCUT2D eigenvalue weighted by Gasteiger charge is 2.30. The lowest BCUT2D eigenvalue weighted by Gasteiger charge is -2.25. The number of aryl methyl sites for hydroxylation is 1. The minimum atomic E-state index is -1.05. The SMILES string of the molecule is Cc1ccc2c(NC(=O)C(C)(C)Oc3ccc(Cl)cc3)cccc2n1. The van der Waals surface area contributed by atoms with Crippen LogP contribution in [0.15, 0.2) is 54.6 Å². The van der Waals surface area contributed by atoms with Crippen LogP contribution in [0, 0.1) is 6.92 Å². The lowest BCUT2D eigenvalue weighted by Crippen LogP contribution is -2.42. The number of carbonyl (C=O) groups excluding carboxylic acids is 1. The largest absolute Gasteiger partial charge is 0.478 e. The smallest absolute Gasteiger partial charge is 0.267 e. The van der Waals surface area contributed by atoms with E-state index < -0.39 is 5.60 Å². The van der Waals surface area contributed by atoms with Crippen LogP contribution < -0.4 is 10.1 Å². The summed E-state index contributed by atoms with van der Waals surface area (Å²) in [6, 6.07) is 16.5. The minimum Gasteiger partial charge on any atom is -0.478 e. The van der Waals surface area contributed by atoms with Gasteiger partial charge in [-0.2, -0.15) is 0 Å². The number of carbonyl (C=O) groups is 1. The Morgan fingerprint density at radius 2 is 1.80 bits per heavy atom. The van der Waals surface area contributed by atoms with Crippen molar-refractivity contribution in [2.24, 2.45) is 0 Å². The summed E-state index contributed by atoms with van der Waals surface area (Å²) in [5.41, 5.74) is 1.44. The van der Waals surface area contributed by atoms with Gasteiger partial charge in [0.2, 0.25) is 0 Å². The number of ether oxygens (including phenoxy) is 1. The Balaban J connectivity index is 1.82. The number of fused-ring (bicyclic) bond motifs is 1. The van der Waals surface area contributed by atoms with Gasteiger partial charge in [0.1, 0.15) is 5.75 Å². The second-order valence-electron chi connectivity index (χ2n) is 6.35. The van der Waals surface area contributed by atoms with Gasteiger partial charge < -0.3 is 10.1 Å². The number of benzene rings is 2. The molecule has 4 nitrogen and oxygen atoms in total. The molecule has 5 heteroatoms. The van der Waals surface area contributed by atoms with Crippen LogP contribution in [0.2, 0.25) is 5.02 Å². The molecule has 25 heavy (non-hydrogen) atoms. The third kappa shape index (κ3) is 3.91. The van der Waals surface area contributed by atoms with Gasteiger partial charge in [-0.1, -0.05) is 17.7 Å². The summed E-state index contributed by atoms with van der Waals surface area (Å²) in [5, 5.41) is 4.46. The molecule has 3 rings (SSSR count). The maximum atomic E-state index is 12.7. The number of pyridine rings is 1. The van der Waals surface area contributed by atoms with E-state index in [0.29, 0.717) is 16.5 Å². The number of aromatic nitrogens is 1. The van der Waals surface area contributed by atoms with Crippen molar-refractivity contribution in [3.63, 3.8) is 0 Å². The molecule has 1 heterocycles. The van der Waals surface area contributed by atoms with Gasteiger partial charge in [-0.05, 0) is 69.3 Å². The highest BCUT2D eigenvalue weighted by Crippen LogP contribution is 2.25. The Hall–Kier alpha value is -2.59. The fourth-order valence-corrected chi connectivity index (χ4v) is 2.61. The first-order valence-corrected chi connectivity index (χ1v) is 8.35. The molecule has 0 saturated carbocycles. The number of amides is 1. The van der Waals surface area contributed by atoms with Crippen molar-refractivity contribution in [1.82, 2.24) is 4.98 Å². The molecule has 128 valence electrons. The van der Waals surface area contributed by atoms with E-state index in [-0.39, 0.29) is 5.91 Å². The fraction of sp³-hybridized carbons (Fsp3) is 0.200. The van der Waals surface area contributed by atoms with Crippen molar-refractivity contribution in [3.05, 3.63) is 65.3 Å². The molecule has 0 aliphatic rings. The molecule has 0 aliphatic heterocycles. The Morgan fingerprint density at radius 3 is 2.52 bits per heavy atom. The first-order chi connectivity index (χ1) is 11.8. The van der Waals surface area contributed by atoms with Crippen LogP contribution in [0.4, 0.5) is 5.69 Å². The van der Waals surface area contributed by atoms with Gasteiger partial charge in [0.25, 0.3) is 5.91 Å². The molecular formula is C20H19ClN2O2. The molecule has 0 bridgehead atoms. The maximum Gasteiger partial charge on any atom is 0.267 e. The van der Waals surface area contributed by atoms with Crippen LogP contribution in [0.1, 0.15) is 19.5 Å². The van der Waals surface area contributed by atoms with Crippen molar-refractivity contribution in [3.8, 4) is 5.75 Å². The number of hydrogen-bond donors (Lipinski definition) is 1. The molecular weight excluding hydrogens is 336 g/mol. The van der Waals surface area contributed by atoms with Crippen molar-refractivity contribution in [2.75, 3.05) is 5.32 Å². The zero-order chi connectivity index (χ0) is 18.0. The molecule has 2 aromatic carbocycles. The van der Waals surface area contributed by atoms with E-state index >= 15 is 0 Å². The van der Waals surface area contributed by atoms with Crippen LogP contribution in [-0.2, 0) is 4.79 Å². The second kappa shape index (κ2) is 6.73. The predicted molar refractivity (Wildman–Crippen MR) is 101 cm³/mol. The third-order valence-corrected chi connectivity index (χ3v) is 4.10. The molecule has 1 aromatic heterocycles. The average molecular weight is 355 g/mol. The average Bonchev–Trinajstić information content (AvgIpc) is 2.56. The monoisotopic (exact) mass is 354 g/mol. The van der Waals surface area contributed by atoms with Gasteiger partial charge >= 0.3 is 0 Å². The Bertz CT molecular complexity index is 921. The van der Waals surface area contributed by atoms with E-state index in [1.807, 2.05) is 37.3 Å². The van der Waals surface area contributed by atoms with Crippen molar-refractivity contribution >= 4 is 34.1 Å². The first-order valence-electron chi connectivity index (χ1n) is 7.97. The Labute approximate surface area is 151 Å².